The number of benzene rings is 2. The fourth-order valence-corrected chi connectivity index (χ4v) is 6.78. The van der Waals surface area contributed by atoms with Crippen molar-refractivity contribution in [3.63, 3.8) is 0 Å². The van der Waals surface area contributed by atoms with Crippen LogP contribution in [0, 0.1) is 32.5 Å². The summed E-state index contributed by atoms with van der Waals surface area (Å²) in [6.45, 7) is 11.1. The monoisotopic (exact) mass is 706 g/mol. The molecule has 8 nitrogen and oxygen atoms in total. The molecule has 0 spiro atoms. The van der Waals surface area contributed by atoms with Crippen molar-refractivity contribution in [2.24, 2.45) is 5.92 Å². The molecule has 274 valence electrons. The zero-order chi connectivity index (χ0) is 36.9. The lowest BCUT2D eigenvalue weighted by molar-refractivity contribution is -0.140. The average molecular weight is 707 g/mol. The predicted molar refractivity (Wildman–Crippen MR) is 182 cm³/mol. The predicted octanol–water partition coefficient (Wildman–Crippen LogP) is 7.02. The molecule has 4 rings (SSSR count). The fraction of sp³-hybridized carbons (Fsp3) is 0.541. The van der Waals surface area contributed by atoms with Crippen molar-refractivity contribution >= 4 is 5.97 Å². The molecule has 1 aliphatic rings. The number of carbonyl (C=O) groups is 1. The number of aryl methyl sites for hydroxylation is 3. The number of nitrogens with one attached hydrogen (secondary N) is 1. The molecular weight excluding hydrogens is 659 g/mol. The highest BCUT2D eigenvalue weighted by Gasteiger charge is 2.37. The Morgan fingerprint density at radius 2 is 1.74 bits per heavy atom. The van der Waals surface area contributed by atoms with E-state index in [0.717, 1.165) is 17.3 Å². The molecule has 50 heavy (non-hydrogen) atoms. The van der Waals surface area contributed by atoms with Crippen LogP contribution < -0.4 is 15.6 Å². The molecular formula is C37H47F5N4O4. The second-order valence-electron chi connectivity index (χ2n) is 13.8. The van der Waals surface area contributed by atoms with Crippen LogP contribution in [0.3, 0.4) is 0 Å². The van der Waals surface area contributed by atoms with E-state index in [1.807, 2.05) is 25.7 Å². The molecule has 1 fully saturated rings. The minimum Gasteiger partial charge on any atom is -0.497 e. The lowest BCUT2D eigenvalue weighted by Crippen LogP contribution is -2.49. The van der Waals surface area contributed by atoms with E-state index in [9.17, 15) is 32.3 Å². The van der Waals surface area contributed by atoms with Crippen LogP contribution in [0.15, 0.2) is 35.1 Å². The fourth-order valence-electron chi connectivity index (χ4n) is 6.78. The van der Waals surface area contributed by atoms with Crippen molar-refractivity contribution in [2.45, 2.75) is 84.6 Å². The Labute approximate surface area is 289 Å². The van der Waals surface area contributed by atoms with Gasteiger partial charge in [0.25, 0.3) is 5.56 Å². The molecule has 3 aromatic rings. The molecule has 0 bridgehead atoms. The second kappa shape index (κ2) is 16.5. The molecule has 2 atom stereocenters. The van der Waals surface area contributed by atoms with Crippen molar-refractivity contribution in [1.82, 2.24) is 20.0 Å². The first-order chi connectivity index (χ1) is 23.5. The lowest BCUT2D eigenvalue weighted by Gasteiger charge is -2.34. The third kappa shape index (κ3) is 9.69. The number of methoxy groups -OCH3 is 1. The number of aliphatic carboxylic acids is 1. The highest BCUT2D eigenvalue weighted by Crippen LogP contribution is 2.41. The summed E-state index contributed by atoms with van der Waals surface area (Å²) in [5.41, 5.74) is 1.28. The van der Waals surface area contributed by atoms with E-state index in [0.29, 0.717) is 54.9 Å². The van der Waals surface area contributed by atoms with Crippen LogP contribution in [0.2, 0.25) is 0 Å². The summed E-state index contributed by atoms with van der Waals surface area (Å²) in [6, 6.07) is 6.61. The maximum atomic E-state index is 15.7. The summed E-state index contributed by atoms with van der Waals surface area (Å²) >= 11 is 0. The number of carboxylic acid groups (broad SMARTS) is 1. The summed E-state index contributed by atoms with van der Waals surface area (Å²) in [4.78, 5) is 27.0. The van der Waals surface area contributed by atoms with E-state index in [2.05, 4.69) is 10.4 Å². The van der Waals surface area contributed by atoms with Crippen molar-refractivity contribution in [3.05, 3.63) is 80.0 Å². The maximum Gasteiger partial charge on any atom is 0.419 e. The first kappa shape index (κ1) is 39.0. The van der Waals surface area contributed by atoms with Crippen molar-refractivity contribution < 1.29 is 36.6 Å². The zero-order valence-electron chi connectivity index (χ0n) is 29.5. The van der Waals surface area contributed by atoms with Crippen molar-refractivity contribution in [2.75, 3.05) is 39.8 Å². The van der Waals surface area contributed by atoms with E-state index < -0.39 is 42.0 Å². The summed E-state index contributed by atoms with van der Waals surface area (Å²) in [6.07, 6.45) is -5.26. The molecule has 0 saturated carbocycles. The molecule has 2 N–H and O–H groups in total. The van der Waals surface area contributed by atoms with Crippen LogP contribution in [-0.2, 0) is 17.4 Å². The Balaban J connectivity index is 1.59. The number of carboxylic acids is 1. The largest absolute Gasteiger partial charge is 0.497 e. The number of halogens is 5. The van der Waals surface area contributed by atoms with E-state index in [4.69, 9.17) is 4.74 Å². The summed E-state index contributed by atoms with van der Waals surface area (Å²) < 4.78 is 78.4. The number of likely N-dealkylation sites (tertiary alicyclic amines) is 1. The Bertz CT molecular complexity index is 1700. The molecule has 0 unspecified atom stereocenters. The smallest absolute Gasteiger partial charge is 0.419 e. The van der Waals surface area contributed by atoms with Crippen LogP contribution in [0.5, 0.6) is 5.75 Å². The summed E-state index contributed by atoms with van der Waals surface area (Å²) in [5, 5.41) is 17.7. The number of alkyl halides is 4. The van der Waals surface area contributed by atoms with Crippen LogP contribution in [0.25, 0.3) is 11.1 Å². The average Bonchev–Trinajstić information content (AvgIpc) is 2.99. The van der Waals surface area contributed by atoms with Crippen LogP contribution >= 0.6 is 0 Å². The van der Waals surface area contributed by atoms with Crippen molar-refractivity contribution in [1.29, 1.82) is 0 Å². The van der Waals surface area contributed by atoms with Gasteiger partial charge in [0.2, 0.25) is 0 Å². The Hall–Kier alpha value is -3.84. The highest BCUT2D eigenvalue weighted by atomic mass is 19.4. The molecule has 0 aliphatic carbocycles. The van der Waals surface area contributed by atoms with E-state index in [1.54, 1.807) is 26.0 Å². The third-order valence-corrected chi connectivity index (χ3v) is 9.26. The van der Waals surface area contributed by atoms with Gasteiger partial charge in [0.05, 0.1) is 30.8 Å². The number of ether oxygens (including phenoxy) is 1. The molecule has 0 amide bonds. The molecule has 1 aliphatic heterocycles. The number of aromatic nitrogens is 2. The first-order valence-corrected chi connectivity index (χ1v) is 16.9. The quantitative estimate of drug-likeness (QED) is 0.122. The molecule has 13 heteroatoms. The molecule has 1 aromatic heterocycles. The topological polar surface area (TPSA) is 96.7 Å². The zero-order valence-corrected chi connectivity index (χ0v) is 29.5. The van der Waals surface area contributed by atoms with Gasteiger partial charge in [-0.1, -0.05) is 13.8 Å². The van der Waals surface area contributed by atoms with Crippen LogP contribution in [0.1, 0.15) is 78.6 Å². The molecule has 1 saturated heterocycles. The van der Waals surface area contributed by atoms with E-state index in [-0.39, 0.29) is 48.2 Å². The van der Waals surface area contributed by atoms with Crippen molar-refractivity contribution in [3.8, 4) is 16.9 Å². The van der Waals surface area contributed by atoms with E-state index >= 15 is 4.39 Å². The highest BCUT2D eigenvalue weighted by molar-refractivity contribution is 5.74. The van der Waals surface area contributed by atoms with Gasteiger partial charge >= 0.3 is 12.1 Å². The SMILES string of the molecule is COc1cc(C)c(-c2cc([C@@H](CCNC[C@H](CC(C)C)n3nc(CCN4CC(F)C4)c(C)cc3=O)CC(=O)O)c(F)c(C(F)(F)F)c2)c(C)c1. The van der Waals surface area contributed by atoms with Crippen LogP contribution in [0.4, 0.5) is 22.0 Å². The van der Waals surface area contributed by atoms with Gasteiger partial charge < -0.3 is 15.2 Å². The normalized spacial score (nSPS) is 15.3. The summed E-state index contributed by atoms with van der Waals surface area (Å²) in [5.74, 6) is -3.14. The van der Waals surface area contributed by atoms with Gasteiger partial charge in [0, 0.05) is 38.7 Å². The Kier molecular flexibility index (Phi) is 12.8. The van der Waals surface area contributed by atoms with Gasteiger partial charge in [-0.3, -0.25) is 14.5 Å². The molecule has 0 radical (unpaired) electrons. The van der Waals surface area contributed by atoms with Gasteiger partial charge in [-0.15, -0.1) is 0 Å². The van der Waals surface area contributed by atoms with Crippen LogP contribution in [-0.4, -0.2) is 71.8 Å². The number of rotatable bonds is 16. The second-order valence-corrected chi connectivity index (χ2v) is 13.8. The lowest BCUT2D eigenvalue weighted by atomic mass is 9.86. The standard InChI is InChI=1S/C37H47F5N4O4/c1-21(2)11-28(46-33(47)14-22(3)32(44-46)8-10-45-19-27(38)20-45)18-43-9-7-25(17-34(48)49)30-15-26(16-31(36(30)39)37(40,41)42)35-23(4)12-29(50-6)13-24(35)5/h12-16,21,25,27-28,43H,7-11,17-20H2,1-6H3,(H,48,49)/t25-,28-/m0/s1. The van der Waals surface area contributed by atoms with Gasteiger partial charge in [0.1, 0.15) is 17.7 Å². The molecule has 2 aromatic carbocycles. The summed E-state index contributed by atoms with van der Waals surface area (Å²) in [7, 11) is 1.48. The first-order valence-electron chi connectivity index (χ1n) is 16.9. The van der Waals surface area contributed by atoms with Gasteiger partial charge in [-0.25, -0.2) is 13.5 Å². The Morgan fingerprint density at radius 1 is 1.08 bits per heavy atom. The number of hydrogen-bond donors (Lipinski definition) is 2. The van der Waals surface area contributed by atoms with Gasteiger partial charge in [-0.05, 0) is 110 Å². The Morgan fingerprint density at radius 3 is 2.30 bits per heavy atom. The maximum absolute atomic E-state index is 15.7. The number of hydrogen-bond acceptors (Lipinski definition) is 6. The van der Waals surface area contributed by atoms with Gasteiger partial charge in [-0.2, -0.15) is 18.3 Å². The van der Waals surface area contributed by atoms with E-state index in [1.165, 1.54) is 23.9 Å². The number of nitrogens with zero attached hydrogens (tertiary/aromatic N) is 3. The minimum absolute atomic E-state index is 0.0197. The third-order valence-electron chi connectivity index (χ3n) is 9.26. The van der Waals surface area contributed by atoms with Gasteiger partial charge in [0.15, 0.2) is 0 Å². The minimum atomic E-state index is -5.02. The molecule has 2 heterocycles.